The highest BCUT2D eigenvalue weighted by Gasteiger charge is 1.97. The van der Waals surface area contributed by atoms with E-state index in [1.165, 1.54) is 4.88 Å². The van der Waals surface area contributed by atoms with Crippen molar-refractivity contribution in [3.63, 3.8) is 0 Å². The molecule has 0 bridgehead atoms. The van der Waals surface area contributed by atoms with Gasteiger partial charge in [0.1, 0.15) is 0 Å². The number of hydrogen-bond acceptors (Lipinski definition) is 3. The first-order chi connectivity index (χ1) is 6.18. The normalized spacial score (nSPS) is 10.2. The standard InChI is InChI=1S/C8H11BrN2OS/c9-7-2-1-6(13-7)5-11-4-3-8(10)12/h1-2,11H,3-5H2,(H2,10,12). The predicted octanol–water partition coefficient (Wildman–Crippen LogP) is 1.48. The van der Waals surface area contributed by atoms with E-state index < -0.39 is 0 Å². The molecule has 0 aliphatic carbocycles. The minimum Gasteiger partial charge on any atom is -0.370 e. The lowest BCUT2D eigenvalue weighted by molar-refractivity contribution is -0.117. The second-order valence-electron chi connectivity index (χ2n) is 2.60. The van der Waals surface area contributed by atoms with Gasteiger partial charge in [0.2, 0.25) is 5.91 Å². The number of thiophene rings is 1. The van der Waals surface area contributed by atoms with Crippen molar-refractivity contribution < 1.29 is 4.79 Å². The summed E-state index contributed by atoms with van der Waals surface area (Å²) in [4.78, 5) is 11.6. The van der Waals surface area contributed by atoms with Crippen LogP contribution in [0.15, 0.2) is 15.9 Å². The fourth-order valence-corrected chi connectivity index (χ4v) is 2.32. The number of amides is 1. The first-order valence-corrected chi connectivity index (χ1v) is 5.52. The Hall–Kier alpha value is -0.390. The van der Waals surface area contributed by atoms with Gasteiger partial charge in [0.15, 0.2) is 0 Å². The van der Waals surface area contributed by atoms with Crippen molar-refractivity contribution in [3.8, 4) is 0 Å². The van der Waals surface area contributed by atoms with Crippen molar-refractivity contribution in [2.24, 2.45) is 5.73 Å². The molecule has 0 aliphatic heterocycles. The number of carbonyl (C=O) groups excluding carboxylic acids is 1. The fraction of sp³-hybridized carbons (Fsp3) is 0.375. The van der Waals surface area contributed by atoms with E-state index in [0.29, 0.717) is 13.0 Å². The number of primary amides is 1. The van der Waals surface area contributed by atoms with E-state index in [4.69, 9.17) is 5.73 Å². The van der Waals surface area contributed by atoms with Crippen molar-refractivity contribution in [1.29, 1.82) is 0 Å². The SMILES string of the molecule is NC(=O)CCNCc1ccc(Br)s1. The zero-order valence-corrected chi connectivity index (χ0v) is 9.45. The van der Waals surface area contributed by atoms with E-state index in [9.17, 15) is 4.79 Å². The van der Waals surface area contributed by atoms with E-state index in [1.54, 1.807) is 11.3 Å². The number of rotatable bonds is 5. The van der Waals surface area contributed by atoms with Crippen LogP contribution < -0.4 is 11.1 Å². The van der Waals surface area contributed by atoms with E-state index in [-0.39, 0.29) is 5.91 Å². The van der Waals surface area contributed by atoms with Crippen LogP contribution in [0.3, 0.4) is 0 Å². The molecule has 1 aromatic rings. The maximum atomic E-state index is 10.4. The summed E-state index contributed by atoms with van der Waals surface area (Å²) in [6.45, 7) is 1.44. The summed E-state index contributed by atoms with van der Waals surface area (Å²) >= 11 is 5.07. The van der Waals surface area contributed by atoms with Crippen LogP contribution in [-0.2, 0) is 11.3 Å². The quantitative estimate of drug-likeness (QED) is 0.790. The lowest BCUT2D eigenvalue weighted by atomic mass is 10.4. The molecule has 5 heteroatoms. The average Bonchev–Trinajstić information content (AvgIpc) is 2.45. The van der Waals surface area contributed by atoms with E-state index in [0.717, 1.165) is 10.3 Å². The fourth-order valence-electron chi connectivity index (χ4n) is 0.870. The zero-order chi connectivity index (χ0) is 9.68. The Bertz CT molecular complexity index is 287. The molecule has 1 amide bonds. The first-order valence-electron chi connectivity index (χ1n) is 3.91. The molecule has 0 saturated heterocycles. The summed E-state index contributed by atoms with van der Waals surface area (Å²) < 4.78 is 1.12. The molecule has 72 valence electrons. The highest BCUT2D eigenvalue weighted by molar-refractivity contribution is 9.11. The summed E-state index contributed by atoms with van der Waals surface area (Å²) in [6.07, 6.45) is 0.395. The molecule has 1 rings (SSSR count). The summed E-state index contributed by atoms with van der Waals surface area (Å²) in [5.41, 5.74) is 4.99. The lowest BCUT2D eigenvalue weighted by Gasteiger charge is -1.99. The molecule has 0 fully saturated rings. The van der Waals surface area contributed by atoms with Crippen molar-refractivity contribution in [2.75, 3.05) is 6.54 Å². The molecule has 0 radical (unpaired) electrons. The monoisotopic (exact) mass is 262 g/mol. The van der Waals surface area contributed by atoms with E-state index in [2.05, 4.69) is 21.2 Å². The number of nitrogens with two attached hydrogens (primary N) is 1. The minimum atomic E-state index is -0.264. The van der Waals surface area contributed by atoms with E-state index in [1.807, 2.05) is 12.1 Å². The van der Waals surface area contributed by atoms with Crippen molar-refractivity contribution >= 4 is 33.2 Å². The van der Waals surface area contributed by atoms with Crippen molar-refractivity contribution in [1.82, 2.24) is 5.32 Å². The number of carbonyl (C=O) groups is 1. The van der Waals surface area contributed by atoms with Gasteiger partial charge < -0.3 is 11.1 Å². The van der Waals surface area contributed by atoms with Gasteiger partial charge in [-0.3, -0.25) is 4.79 Å². The Balaban J connectivity index is 2.16. The smallest absolute Gasteiger partial charge is 0.218 e. The van der Waals surface area contributed by atoms with Crippen molar-refractivity contribution in [3.05, 3.63) is 20.8 Å². The van der Waals surface area contributed by atoms with Gasteiger partial charge in [0, 0.05) is 24.4 Å². The topological polar surface area (TPSA) is 55.1 Å². The molecule has 0 aliphatic rings. The Morgan fingerprint density at radius 2 is 2.38 bits per heavy atom. The molecule has 13 heavy (non-hydrogen) atoms. The maximum Gasteiger partial charge on any atom is 0.218 e. The third-order valence-corrected chi connectivity index (χ3v) is 3.10. The molecule has 1 aromatic heterocycles. The van der Waals surface area contributed by atoms with Crippen LogP contribution in [0.1, 0.15) is 11.3 Å². The van der Waals surface area contributed by atoms with E-state index >= 15 is 0 Å². The van der Waals surface area contributed by atoms with Gasteiger partial charge in [0.05, 0.1) is 3.79 Å². The largest absolute Gasteiger partial charge is 0.370 e. The Morgan fingerprint density at radius 1 is 1.62 bits per heavy atom. The number of halogens is 1. The molecule has 0 unspecified atom stereocenters. The molecule has 0 aromatic carbocycles. The van der Waals surface area contributed by atoms with Crippen LogP contribution in [0.5, 0.6) is 0 Å². The molecule has 3 nitrogen and oxygen atoms in total. The van der Waals surface area contributed by atoms with Gasteiger partial charge >= 0.3 is 0 Å². The third kappa shape index (κ3) is 4.40. The maximum absolute atomic E-state index is 10.4. The molecule has 1 heterocycles. The van der Waals surface area contributed by atoms with Gasteiger partial charge in [-0.1, -0.05) is 0 Å². The van der Waals surface area contributed by atoms with Crippen molar-refractivity contribution in [2.45, 2.75) is 13.0 Å². The lowest BCUT2D eigenvalue weighted by Crippen LogP contribution is -2.21. The van der Waals surface area contributed by atoms with Gasteiger partial charge in [-0.15, -0.1) is 11.3 Å². The zero-order valence-electron chi connectivity index (χ0n) is 7.05. The Kier molecular flexibility index (Phi) is 4.41. The average molecular weight is 263 g/mol. The molecular formula is C8H11BrN2OS. The van der Waals surface area contributed by atoms with Gasteiger partial charge in [-0.2, -0.15) is 0 Å². The van der Waals surface area contributed by atoms with Crippen LogP contribution in [-0.4, -0.2) is 12.5 Å². The predicted molar refractivity (Wildman–Crippen MR) is 57.5 cm³/mol. The van der Waals surface area contributed by atoms with Crippen LogP contribution in [0.2, 0.25) is 0 Å². The van der Waals surface area contributed by atoms with Crippen LogP contribution in [0.25, 0.3) is 0 Å². The molecule has 0 atom stereocenters. The molecule has 3 N–H and O–H groups in total. The second kappa shape index (κ2) is 5.36. The Morgan fingerprint density at radius 3 is 2.92 bits per heavy atom. The second-order valence-corrected chi connectivity index (χ2v) is 5.15. The van der Waals surface area contributed by atoms with Crippen LogP contribution in [0, 0.1) is 0 Å². The molecule has 0 spiro atoms. The third-order valence-electron chi connectivity index (χ3n) is 1.48. The number of hydrogen-bond donors (Lipinski definition) is 2. The molecule has 0 saturated carbocycles. The van der Waals surface area contributed by atoms with Crippen LogP contribution >= 0.6 is 27.3 Å². The summed E-state index contributed by atoms with van der Waals surface area (Å²) in [7, 11) is 0. The van der Waals surface area contributed by atoms with Crippen LogP contribution in [0.4, 0.5) is 0 Å². The Labute approximate surface area is 89.5 Å². The summed E-state index contributed by atoms with van der Waals surface area (Å²) in [5.74, 6) is -0.264. The summed E-state index contributed by atoms with van der Waals surface area (Å²) in [6, 6.07) is 4.06. The van der Waals surface area contributed by atoms with Gasteiger partial charge in [-0.05, 0) is 28.1 Å². The number of nitrogens with one attached hydrogen (secondary N) is 1. The minimum absolute atomic E-state index is 0.264. The molecular weight excluding hydrogens is 252 g/mol. The first kappa shape index (κ1) is 10.7. The highest BCUT2D eigenvalue weighted by atomic mass is 79.9. The highest BCUT2D eigenvalue weighted by Crippen LogP contribution is 2.21. The summed E-state index contributed by atoms with van der Waals surface area (Å²) in [5, 5.41) is 3.14. The van der Waals surface area contributed by atoms with Gasteiger partial charge in [0.25, 0.3) is 0 Å². The van der Waals surface area contributed by atoms with Gasteiger partial charge in [-0.25, -0.2) is 0 Å².